The lowest BCUT2D eigenvalue weighted by molar-refractivity contribution is 0.0932. The van der Waals surface area contributed by atoms with Gasteiger partial charge in [0, 0.05) is 17.8 Å². The Hall–Kier alpha value is -1.95. The Kier molecular flexibility index (Phi) is 6.75. The van der Waals surface area contributed by atoms with Gasteiger partial charge in [-0.1, -0.05) is 32.0 Å². The summed E-state index contributed by atoms with van der Waals surface area (Å²) in [6.07, 6.45) is 1.34. The van der Waals surface area contributed by atoms with Crippen molar-refractivity contribution in [3.63, 3.8) is 0 Å². The first-order valence-corrected chi connectivity index (χ1v) is 9.57. The van der Waals surface area contributed by atoms with Gasteiger partial charge in [-0.05, 0) is 54.2 Å². The highest BCUT2D eigenvalue weighted by Crippen LogP contribution is 2.23. The molecule has 1 amide bonds. The van der Waals surface area contributed by atoms with Gasteiger partial charge in [0.05, 0.1) is 16.1 Å². The number of hydrogen-bond donors (Lipinski definition) is 1. The molecule has 6 heteroatoms. The topological polar surface area (TPSA) is 51.1 Å². The Morgan fingerprint density at radius 2 is 1.92 bits per heavy atom. The van der Waals surface area contributed by atoms with Gasteiger partial charge in [-0.2, -0.15) is 0 Å². The second-order valence-corrected chi connectivity index (χ2v) is 7.10. The number of rotatable bonds is 6. The van der Waals surface area contributed by atoms with Crippen molar-refractivity contribution in [2.45, 2.75) is 53.1 Å². The number of hydrogen-bond acceptors (Lipinski definition) is 2. The van der Waals surface area contributed by atoms with Crippen molar-refractivity contribution in [3.05, 3.63) is 67.3 Å². The summed E-state index contributed by atoms with van der Waals surface area (Å²) in [5.74, 6) is -0.647. The number of nitrogens with zero attached hydrogens (tertiary/aromatic N) is 1. The highest BCUT2D eigenvalue weighted by Gasteiger charge is 2.23. The minimum atomic E-state index is -0.437. The predicted octanol–water partition coefficient (Wildman–Crippen LogP) is 4.66. The van der Waals surface area contributed by atoms with Crippen LogP contribution >= 0.6 is 15.9 Å². The summed E-state index contributed by atoms with van der Waals surface area (Å²) < 4.78 is 16.1. The molecule has 1 heterocycles. The maximum atomic E-state index is 14.1. The van der Waals surface area contributed by atoms with E-state index in [2.05, 4.69) is 21.2 Å². The number of carbonyl (C=O) groups is 1. The second-order valence-electron chi connectivity index (χ2n) is 6.31. The molecule has 0 fully saturated rings. The van der Waals surface area contributed by atoms with Gasteiger partial charge < -0.3 is 9.88 Å². The van der Waals surface area contributed by atoms with E-state index in [1.165, 1.54) is 6.07 Å². The largest absolute Gasteiger partial charge is 0.345 e. The Balaban J connectivity index is 2.46. The number of halogens is 2. The van der Waals surface area contributed by atoms with Crippen LogP contribution < -0.4 is 10.9 Å². The lowest BCUT2D eigenvalue weighted by Gasteiger charge is -2.21. The average Bonchev–Trinajstić information content (AvgIpc) is 2.62. The molecule has 2 aromatic rings. The molecule has 1 N–H and O–H groups in total. The van der Waals surface area contributed by atoms with Crippen LogP contribution in [0.25, 0.3) is 0 Å². The van der Waals surface area contributed by atoms with Crippen molar-refractivity contribution >= 4 is 21.8 Å². The zero-order valence-corrected chi connectivity index (χ0v) is 17.1. The molecule has 4 nitrogen and oxygen atoms in total. The summed E-state index contributed by atoms with van der Waals surface area (Å²) >= 11 is 3.32. The van der Waals surface area contributed by atoms with E-state index < -0.39 is 6.04 Å². The lowest BCUT2D eigenvalue weighted by atomic mass is 10.0. The van der Waals surface area contributed by atoms with Crippen LogP contribution in [-0.4, -0.2) is 10.5 Å². The van der Waals surface area contributed by atoms with Crippen LogP contribution in [-0.2, 0) is 6.54 Å². The van der Waals surface area contributed by atoms with Crippen molar-refractivity contribution in [1.29, 1.82) is 0 Å². The number of carbonyl (C=O) groups excluding carboxylic acids is 1. The SMILES string of the molecule is CCCn1c(C)c(C(=O)NC(CC)c2ccccc2F)c(C)c(Br)c1=O. The maximum Gasteiger partial charge on any atom is 0.265 e. The molecule has 26 heavy (non-hydrogen) atoms. The molecule has 2 rings (SSSR count). The maximum absolute atomic E-state index is 14.1. The molecule has 0 aliphatic carbocycles. The van der Waals surface area contributed by atoms with Crippen LogP contribution in [0.15, 0.2) is 33.5 Å². The van der Waals surface area contributed by atoms with Crippen molar-refractivity contribution in [1.82, 2.24) is 9.88 Å². The highest BCUT2D eigenvalue weighted by atomic mass is 79.9. The van der Waals surface area contributed by atoms with E-state index in [-0.39, 0.29) is 17.3 Å². The van der Waals surface area contributed by atoms with Gasteiger partial charge in [-0.15, -0.1) is 0 Å². The van der Waals surface area contributed by atoms with Crippen LogP contribution in [0.3, 0.4) is 0 Å². The third kappa shape index (κ3) is 3.90. The standard InChI is InChI=1S/C20H24BrFN2O2/c1-5-11-24-13(4)17(12(3)18(21)20(24)26)19(25)23-16(6-2)14-9-7-8-10-15(14)22/h7-10,16H,5-6,11H2,1-4H3,(H,23,25). The fourth-order valence-electron chi connectivity index (χ4n) is 3.16. The van der Waals surface area contributed by atoms with E-state index in [1.54, 1.807) is 36.6 Å². The summed E-state index contributed by atoms with van der Waals surface area (Å²) in [6, 6.07) is 6.00. The summed E-state index contributed by atoms with van der Waals surface area (Å²) in [6.45, 7) is 7.92. The molecule has 1 unspecified atom stereocenters. The number of benzene rings is 1. The summed E-state index contributed by atoms with van der Waals surface area (Å²) in [5, 5.41) is 2.92. The molecule has 0 bridgehead atoms. The van der Waals surface area contributed by atoms with E-state index in [9.17, 15) is 14.0 Å². The molecule has 1 aromatic heterocycles. The van der Waals surface area contributed by atoms with Crippen LogP contribution in [0.5, 0.6) is 0 Å². The fourth-order valence-corrected chi connectivity index (χ4v) is 3.57. The Morgan fingerprint density at radius 3 is 2.50 bits per heavy atom. The summed E-state index contributed by atoms with van der Waals surface area (Å²) in [7, 11) is 0. The van der Waals surface area contributed by atoms with Crippen LogP contribution in [0.1, 0.15) is 59.9 Å². The highest BCUT2D eigenvalue weighted by molar-refractivity contribution is 9.10. The predicted molar refractivity (Wildman–Crippen MR) is 105 cm³/mol. The van der Waals surface area contributed by atoms with Gasteiger partial charge in [0.15, 0.2) is 0 Å². The molecular weight excluding hydrogens is 399 g/mol. The summed E-state index contributed by atoms with van der Waals surface area (Å²) in [5.41, 5.74) is 2.00. The van der Waals surface area contributed by atoms with E-state index in [1.807, 2.05) is 13.8 Å². The molecule has 140 valence electrons. The van der Waals surface area contributed by atoms with E-state index in [4.69, 9.17) is 0 Å². The third-order valence-electron chi connectivity index (χ3n) is 4.57. The molecule has 0 spiro atoms. The van der Waals surface area contributed by atoms with Crippen molar-refractivity contribution in [3.8, 4) is 0 Å². The van der Waals surface area contributed by atoms with Gasteiger partial charge in [0.2, 0.25) is 0 Å². The quantitative estimate of drug-likeness (QED) is 0.735. The Bertz CT molecular complexity index is 877. The second kappa shape index (κ2) is 8.62. The molecule has 0 aliphatic heterocycles. The minimum absolute atomic E-state index is 0.139. The van der Waals surface area contributed by atoms with E-state index in [0.29, 0.717) is 39.8 Å². The van der Waals surface area contributed by atoms with Gasteiger partial charge >= 0.3 is 0 Å². The number of amides is 1. The van der Waals surface area contributed by atoms with Crippen molar-refractivity contribution < 1.29 is 9.18 Å². The average molecular weight is 423 g/mol. The van der Waals surface area contributed by atoms with Gasteiger partial charge in [0.1, 0.15) is 5.82 Å². The van der Waals surface area contributed by atoms with Crippen molar-refractivity contribution in [2.24, 2.45) is 0 Å². The van der Waals surface area contributed by atoms with E-state index >= 15 is 0 Å². The molecule has 0 saturated heterocycles. The molecular formula is C20H24BrFN2O2. The monoisotopic (exact) mass is 422 g/mol. The molecule has 0 radical (unpaired) electrons. The van der Waals surface area contributed by atoms with Gasteiger partial charge in [0.25, 0.3) is 11.5 Å². The molecule has 0 aliphatic rings. The first-order chi connectivity index (χ1) is 12.3. The summed E-state index contributed by atoms with van der Waals surface area (Å²) in [4.78, 5) is 25.4. The van der Waals surface area contributed by atoms with Gasteiger partial charge in [-0.3, -0.25) is 9.59 Å². The number of nitrogens with one attached hydrogen (secondary N) is 1. The normalized spacial score (nSPS) is 12.1. The number of pyridine rings is 1. The number of aromatic nitrogens is 1. The smallest absolute Gasteiger partial charge is 0.265 e. The molecule has 1 atom stereocenters. The lowest BCUT2D eigenvalue weighted by Crippen LogP contribution is -2.34. The third-order valence-corrected chi connectivity index (χ3v) is 5.51. The van der Waals surface area contributed by atoms with Crippen LogP contribution in [0.2, 0.25) is 0 Å². The Labute approximate surface area is 161 Å². The fraction of sp³-hybridized carbons (Fsp3) is 0.400. The van der Waals surface area contributed by atoms with Crippen LogP contribution in [0.4, 0.5) is 4.39 Å². The van der Waals surface area contributed by atoms with Gasteiger partial charge in [-0.25, -0.2) is 4.39 Å². The van der Waals surface area contributed by atoms with Crippen molar-refractivity contribution in [2.75, 3.05) is 0 Å². The first kappa shape index (κ1) is 20.4. The molecule has 0 saturated carbocycles. The first-order valence-electron chi connectivity index (χ1n) is 8.78. The zero-order chi connectivity index (χ0) is 19.4. The van der Waals surface area contributed by atoms with E-state index in [0.717, 1.165) is 6.42 Å². The molecule has 1 aromatic carbocycles. The Morgan fingerprint density at radius 1 is 1.27 bits per heavy atom. The van der Waals surface area contributed by atoms with Crippen LogP contribution in [0, 0.1) is 19.7 Å². The zero-order valence-electron chi connectivity index (χ0n) is 15.5. The minimum Gasteiger partial charge on any atom is -0.345 e.